The second-order valence-corrected chi connectivity index (χ2v) is 4.99. The van der Waals surface area contributed by atoms with E-state index in [9.17, 15) is 4.39 Å². The lowest BCUT2D eigenvalue weighted by Crippen LogP contribution is -2.12. The summed E-state index contributed by atoms with van der Waals surface area (Å²) in [5, 5.41) is 0.104. The Morgan fingerprint density at radius 2 is 1.84 bits per heavy atom. The molecule has 0 fully saturated rings. The zero-order valence-electron chi connectivity index (χ0n) is 10.9. The van der Waals surface area contributed by atoms with Crippen molar-refractivity contribution in [2.45, 2.75) is 25.8 Å². The topological polar surface area (TPSA) is 26.0 Å². The molecule has 2 rings (SSSR count). The van der Waals surface area contributed by atoms with E-state index in [1.807, 2.05) is 12.1 Å². The van der Waals surface area contributed by atoms with Crippen molar-refractivity contribution in [3.63, 3.8) is 0 Å². The molecule has 0 amide bonds. The van der Waals surface area contributed by atoms with Gasteiger partial charge in [0.05, 0.1) is 11.1 Å². The molecule has 0 heterocycles. The third-order valence-electron chi connectivity index (χ3n) is 3.19. The molecular weight excluding hydrogens is 261 g/mol. The molecule has 1 atom stereocenters. The van der Waals surface area contributed by atoms with Crippen LogP contribution in [0, 0.1) is 5.82 Å². The Morgan fingerprint density at radius 1 is 1.16 bits per heavy atom. The van der Waals surface area contributed by atoms with Crippen LogP contribution < -0.4 is 5.73 Å². The summed E-state index contributed by atoms with van der Waals surface area (Å²) in [5.74, 6) is -0.433. The van der Waals surface area contributed by atoms with Crippen molar-refractivity contribution < 1.29 is 4.39 Å². The van der Waals surface area contributed by atoms with Crippen LogP contribution in [0.25, 0.3) is 0 Å². The van der Waals surface area contributed by atoms with Crippen molar-refractivity contribution in [1.29, 1.82) is 0 Å². The first kappa shape index (κ1) is 14.0. The maximum Gasteiger partial charge on any atom is 0.142 e. The average Bonchev–Trinajstić information content (AvgIpc) is 2.42. The summed E-state index contributed by atoms with van der Waals surface area (Å²) in [4.78, 5) is 0. The molecule has 0 aliphatic heterocycles. The lowest BCUT2D eigenvalue weighted by Gasteiger charge is -2.15. The van der Waals surface area contributed by atoms with Gasteiger partial charge in [-0.15, -0.1) is 0 Å². The van der Waals surface area contributed by atoms with Crippen molar-refractivity contribution in [2.24, 2.45) is 5.73 Å². The number of hydrogen-bond donors (Lipinski definition) is 1. The summed E-state index contributed by atoms with van der Waals surface area (Å²) in [6, 6.07) is 12.4. The first-order chi connectivity index (χ1) is 9.13. The third-order valence-corrected chi connectivity index (χ3v) is 3.59. The van der Waals surface area contributed by atoms with Crippen LogP contribution in [0.4, 0.5) is 4.39 Å². The number of hydrogen-bond acceptors (Lipinski definition) is 1. The van der Waals surface area contributed by atoms with E-state index in [4.69, 9.17) is 17.3 Å². The van der Waals surface area contributed by atoms with Gasteiger partial charge in [-0.3, -0.25) is 0 Å². The van der Waals surface area contributed by atoms with Gasteiger partial charge >= 0.3 is 0 Å². The van der Waals surface area contributed by atoms with Gasteiger partial charge in [0.1, 0.15) is 5.82 Å². The van der Waals surface area contributed by atoms with Crippen LogP contribution in [-0.2, 0) is 6.42 Å². The Bertz CT molecular complexity index is 551. The molecular formula is C16H17ClFN. The molecule has 100 valence electrons. The fourth-order valence-corrected chi connectivity index (χ4v) is 2.36. The first-order valence-electron chi connectivity index (χ1n) is 6.41. The Balaban J connectivity index is 2.28. The SMILES string of the molecule is CCCc1ccc(C(N)c2cccc(F)c2Cl)cc1. The Morgan fingerprint density at radius 3 is 2.47 bits per heavy atom. The average molecular weight is 278 g/mol. The quantitative estimate of drug-likeness (QED) is 0.876. The van der Waals surface area contributed by atoms with Crippen LogP contribution >= 0.6 is 11.6 Å². The van der Waals surface area contributed by atoms with Gasteiger partial charge < -0.3 is 5.73 Å². The zero-order valence-corrected chi connectivity index (χ0v) is 11.6. The van der Waals surface area contributed by atoms with Gasteiger partial charge in [0.2, 0.25) is 0 Å². The van der Waals surface area contributed by atoms with E-state index in [1.165, 1.54) is 11.6 Å². The van der Waals surface area contributed by atoms with Gasteiger partial charge in [0.15, 0.2) is 0 Å². The number of halogens is 2. The van der Waals surface area contributed by atoms with Crippen LogP contribution in [0.1, 0.15) is 36.1 Å². The summed E-state index contributed by atoms with van der Waals surface area (Å²) >= 11 is 5.96. The molecule has 0 saturated carbocycles. The van der Waals surface area contributed by atoms with E-state index in [1.54, 1.807) is 12.1 Å². The first-order valence-corrected chi connectivity index (χ1v) is 6.79. The van der Waals surface area contributed by atoms with Crippen LogP contribution in [0.2, 0.25) is 5.02 Å². The highest BCUT2D eigenvalue weighted by Gasteiger charge is 2.14. The van der Waals surface area contributed by atoms with Gasteiger partial charge in [-0.25, -0.2) is 4.39 Å². The molecule has 0 radical (unpaired) electrons. The normalized spacial score (nSPS) is 12.4. The summed E-state index contributed by atoms with van der Waals surface area (Å²) in [7, 11) is 0. The largest absolute Gasteiger partial charge is 0.320 e. The maximum atomic E-state index is 13.4. The smallest absolute Gasteiger partial charge is 0.142 e. The predicted octanol–water partition coefficient (Wildman–Crippen LogP) is 4.48. The Labute approximate surface area is 118 Å². The van der Waals surface area contributed by atoms with Gasteiger partial charge in [-0.05, 0) is 29.2 Å². The summed E-state index contributed by atoms with van der Waals surface area (Å²) in [5.41, 5.74) is 8.99. The van der Waals surface area contributed by atoms with Gasteiger partial charge in [-0.2, -0.15) is 0 Å². The highest BCUT2D eigenvalue weighted by Crippen LogP contribution is 2.28. The molecule has 0 bridgehead atoms. The van der Waals surface area contributed by atoms with E-state index >= 15 is 0 Å². The van der Waals surface area contributed by atoms with E-state index in [2.05, 4.69) is 19.1 Å². The van der Waals surface area contributed by atoms with E-state index in [0.717, 1.165) is 18.4 Å². The molecule has 2 N–H and O–H groups in total. The Kier molecular flexibility index (Phi) is 4.56. The minimum atomic E-state index is -0.433. The van der Waals surface area contributed by atoms with Crippen molar-refractivity contribution in [2.75, 3.05) is 0 Å². The van der Waals surface area contributed by atoms with Crippen molar-refractivity contribution in [1.82, 2.24) is 0 Å². The van der Waals surface area contributed by atoms with Crippen molar-refractivity contribution >= 4 is 11.6 Å². The number of aryl methyl sites for hydroxylation is 1. The summed E-state index contributed by atoms with van der Waals surface area (Å²) < 4.78 is 13.4. The van der Waals surface area contributed by atoms with Crippen LogP contribution in [0.3, 0.4) is 0 Å². The highest BCUT2D eigenvalue weighted by molar-refractivity contribution is 6.31. The van der Waals surface area contributed by atoms with Crippen molar-refractivity contribution in [3.8, 4) is 0 Å². The fraction of sp³-hybridized carbons (Fsp3) is 0.250. The van der Waals surface area contributed by atoms with Crippen molar-refractivity contribution in [3.05, 3.63) is 70.0 Å². The maximum absolute atomic E-state index is 13.4. The number of benzene rings is 2. The van der Waals surface area contributed by atoms with Crippen LogP contribution in [-0.4, -0.2) is 0 Å². The number of nitrogens with two attached hydrogens (primary N) is 1. The van der Waals surface area contributed by atoms with Crippen LogP contribution in [0.15, 0.2) is 42.5 Å². The molecule has 19 heavy (non-hydrogen) atoms. The fourth-order valence-electron chi connectivity index (χ4n) is 2.12. The highest BCUT2D eigenvalue weighted by atomic mass is 35.5. The molecule has 0 spiro atoms. The van der Waals surface area contributed by atoms with Gasteiger partial charge in [0, 0.05) is 0 Å². The standard InChI is InChI=1S/C16H17ClFN/c1-2-4-11-7-9-12(10-8-11)16(19)13-5-3-6-14(18)15(13)17/h3,5-10,16H,2,4,19H2,1H3. The summed E-state index contributed by atoms with van der Waals surface area (Å²) in [6.45, 7) is 2.15. The van der Waals surface area contributed by atoms with Crippen LogP contribution in [0.5, 0.6) is 0 Å². The van der Waals surface area contributed by atoms with E-state index in [-0.39, 0.29) is 5.02 Å². The lowest BCUT2D eigenvalue weighted by molar-refractivity contribution is 0.624. The molecule has 1 unspecified atom stereocenters. The third kappa shape index (κ3) is 3.14. The molecule has 0 saturated heterocycles. The predicted molar refractivity (Wildman–Crippen MR) is 77.9 cm³/mol. The monoisotopic (exact) mass is 277 g/mol. The minimum absolute atomic E-state index is 0.104. The number of rotatable bonds is 4. The molecule has 2 aromatic rings. The molecule has 0 aliphatic rings. The molecule has 1 nitrogen and oxygen atoms in total. The minimum Gasteiger partial charge on any atom is -0.320 e. The van der Waals surface area contributed by atoms with E-state index < -0.39 is 11.9 Å². The summed E-state index contributed by atoms with van der Waals surface area (Å²) in [6.07, 6.45) is 2.16. The molecule has 0 aromatic heterocycles. The zero-order chi connectivity index (χ0) is 13.8. The van der Waals surface area contributed by atoms with E-state index in [0.29, 0.717) is 5.56 Å². The molecule has 2 aromatic carbocycles. The second-order valence-electron chi connectivity index (χ2n) is 4.61. The second kappa shape index (κ2) is 6.18. The molecule has 3 heteroatoms. The Hall–Kier alpha value is -1.38. The molecule has 0 aliphatic carbocycles. The van der Waals surface area contributed by atoms with Gasteiger partial charge in [-0.1, -0.05) is 61.3 Å². The lowest BCUT2D eigenvalue weighted by atomic mass is 9.97. The van der Waals surface area contributed by atoms with Gasteiger partial charge in [0.25, 0.3) is 0 Å².